The van der Waals surface area contributed by atoms with E-state index < -0.39 is 0 Å². The molecule has 0 atom stereocenters. The van der Waals surface area contributed by atoms with Crippen LogP contribution >= 0.6 is 0 Å². The van der Waals surface area contributed by atoms with Gasteiger partial charge in [0.1, 0.15) is 5.82 Å². The van der Waals surface area contributed by atoms with E-state index in [1.165, 1.54) is 10.9 Å². The zero-order chi connectivity index (χ0) is 29.0. The maximum Gasteiger partial charge on any atom is 2.00 e. The van der Waals surface area contributed by atoms with Crippen LogP contribution in [0.5, 0.6) is 11.5 Å². The molecule has 0 unspecified atom stereocenters. The average Bonchev–Trinajstić information content (AvgIpc) is 3.45. The van der Waals surface area contributed by atoms with Crippen molar-refractivity contribution in [1.29, 1.82) is 0 Å². The molecule has 5 nitrogen and oxygen atoms in total. The van der Waals surface area contributed by atoms with Crippen LogP contribution < -0.4 is 4.74 Å². The summed E-state index contributed by atoms with van der Waals surface area (Å²) in [6.07, 6.45) is 1.85. The van der Waals surface area contributed by atoms with E-state index in [4.69, 9.17) is 14.8 Å². The van der Waals surface area contributed by atoms with Crippen LogP contribution in [0.25, 0.3) is 44.4 Å². The van der Waals surface area contributed by atoms with Crippen molar-refractivity contribution in [3.8, 4) is 34.1 Å². The monoisotopic (exact) mass is 741 g/mol. The van der Waals surface area contributed by atoms with Crippen molar-refractivity contribution < 1.29 is 25.8 Å². The average molecular weight is 742 g/mol. The number of nitrogens with zero attached hydrogens (tertiary/aromatic N) is 4. The first-order valence-corrected chi connectivity index (χ1v) is 14.1. The first-order valence-electron chi connectivity index (χ1n) is 14.1. The van der Waals surface area contributed by atoms with Crippen molar-refractivity contribution in [2.24, 2.45) is 0 Å². The van der Waals surface area contributed by atoms with Gasteiger partial charge in [0.25, 0.3) is 0 Å². The Morgan fingerprint density at radius 2 is 1.49 bits per heavy atom. The summed E-state index contributed by atoms with van der Waals surface area (Å²) in [6, 6.07) is 36.2. The molecule has 0 aliphatic heterocycles. The molecule has 0 radical (unpaired) electrons. The number of aromatic nitrogens is 4. The van der Waals surface area contributed by atoms with Crippen molar-refractivity contribution in [3.05, 3.63) is 131 Å². The van der Waals surface area contributed by atoms with E-state index in [1.54, 1.807) is 0 Å². The van der Waals surface area contributed by atoms with Gasteiger partial charge in [-0.25, -0.2) is 4.98 Å². The molecule has 0 amide bonds. The third-order valence-electron chi connectivity index (χ3n) is 7.71. The molecular formula is C37H30N4OPt. The summed E-state index contributed by atoms with van der Waals surface area (Å²) >= 11 is 0. The van der Waals surface area contributed by atoms with Crippen LogP contribution in [0.4, 0.5) is 0 Å². The summed E-state index contributed by atoms with van der Waals surface area (Å²) in [5, 5.41) is 7.15. The van der Waals surface area contributed by atoms with Gasteiger partial charge in [0.15, 0.2) is 0 Å². The van der Waals surface area contributed by atoms with Crippen LogP contribution in [0, 0.1) is 46.8 Å². The summed E-state index contributed by atoms with van der Waals surface area (Å²) in [6.45, 7) is 10.4. The Bertz CT molecular complexity index is 2120. The Morgan fingerprint density at radius 1 is 0.698 bits per heavy atom. The van der Waals surface area contributed by atoms with E-state index in [0.29, 0.717) is 11.5 Å². The van der Waals surface area contributed by atoms with Crippen LogP contribution in [0.3, 0.4) is 0 Å². The first-order chi connectivity index (χ1) is 20.4. The zero-order valence-electron chi connectivity index (χ0n) is 24.7. The molecule has 0 saturated heterocycles. The van der Waals surface area contributed by atoms with Gasteiger partial charge in [0.2, 0.25) is 0 Å². The molecule has 0 aliphatic carbocycles. The summed E-state index contributed by atoms with van der Waals surface area (Å²) < 4.78 is 10.6. The predicted molar refractivity (Wildman–Crippen MR) is 169 cm³/mol. The fraction of sp³-hybridized carbons (Fsp3) is 0.135. The minimum absolute atomic E-state index is 0. The van der Waals surface area contributed by atoms with Gasteiger partial charge >= 0.3 is 21.1 Å². The second-order valence-corrected chi connectivity index (χ2v) is 11.0. The molecule has 0 saturated carbocycles. The molecule has 4 aromatic carbocycles. The topological polar surface area (TPSA) is 44.9 Å². The predicted octanol–water partition coefficient (Wildman–Crippen LogP) is 8.96. The second-order valence-electron chi connectivity index (χ2n) is 11.0. The first kappa shape index (κ1) is 28.6. The molecule has 3 aromatic heterocycles. The molecule has 214 valence electrons. The normalized spacial score (nSPS) is 11.2. The standard InChI is InChI=1S/C37H30N4O.Pt/c1-23-11-14-34-33(19-23)32-13-12-30(22-35(32)40(34)36-20-24(2)15-16-38-36)42-31-18-25(3)17-29(21-31)41-27(5)37(26(4)39-41)28-9-7-6-8-10-28;/h6-20H,1-5H3;/q-2;+2. The molecule has 0 bridgehead atoms. The van der Waals surface area contributed by atoms with Gasteiger partial charge in [-0.15, -0.1) is 35.7 Å². The van der Waals surface area contributed by atoms with Gasteiger partial charge in [-0.2, -0.15) is 16.7 Å². The van der Waals surface area contributed by atoms with Gasteiger partial charge in [-0.3, -0.25) is 4.68 Å². The molecule has 7 aromatic rings. The third kappa shape index (κ3) is 5.19. The Kier molecular flexibility index (Phi) is 7.54. The van der Waals surface area contributed by atoms with Crippen LogP contribution in [0.1, 0.15) is 28.1 Å². The van der Waals surface area contributed by atoms with Crippen molar-refractivity contribution >= 4 is 21.8 Å². The van der Waals surface area contributed by atoms with Crippen LogP contribution in [-0.2, 0) is 21.1 Å². The summed E-state index contributed by atoms with van der Waals surface area (Å²) in [5.74, 6) is 2.08. The van der Waals surface area contributed by atoms with E-state index in [0.717, 1.165) is 61.6 Å². The number of rotatable bonds is 5. The van der Waals surface area contributed by atoms with Gasteiger partial charge in [0.05, 0.1) is 5.69 Å². The molecule has 43 heavy (non-hydrogen) atoms. The second kappa shape index (κ2) is 11.3. The largest absolute Gasteiger partial charge is 2.00 e. The number of fused-ring (bicyclic) bond motifs is 3. The summed E-state index contributed by atoms with van der Waals surface area (Å²) in [5.41, 5.74) is 10.6. The van der Waals surface area contributed by atoms with Gasteiger partial charge < -0.3 is 9.30 Å². The molecular weight excluding hydrogens is 712 g/mol. The van der Waals surface area contributed by atoms with Gasteiger partial charge in [-0.1, -0.05) is 60.5 Å². The molecule has 0 fully saturated rings. The van der Waals surface area contributed by atoms with Crippen molar-refractivity contribution in [3.63, 3.8) is 0 Å². The third-order valence-corrected chi connectivity index (χ3v) is 7.71. The quantitative estimate of drug-likeness (QED) is 0.166. The molecule has 7 rings (SSSR count). The Balaban J connectivity index is 0.00000329. The Hall–Kier alpha value is -4.47. The molecule has 0 N–H and O–H groups in total. The van der Waals surface area contributed by atoms with E-state index in [-0.39, 0.29) is 21.1 Å². The molecule has 6 heteroatoms. The fourth-order valence-electron chi connectivity index (χ4n) is 5.83. The Morgan fingerprint density at radius 3 is 2.28 bits per heavy atom. The van der Waals surface area contributed by atoms with Gasteiger partial charge in [0, 0.05) is 34.5 Å². The van der Waals surface area contributed by atoms with Crippen molar-refractivity contribution in [2.75, 3.05) is 0 Å². The molecule has 0 spiro atoms. The van der Waals surface area contributed by atoms with Crippen molar-refractivity contribution in [2.45, 2.75) is 34.6 Å². The number of hydrogen-bond acceptors (Lipinski definition) is 3. The number of benzene rings is 4. The molecule has 3 heterocycles. The van der Waals surface area contributed by atoms with Crippen LogP contribution in [0.2, 0.25) is 0 Å². The maximum absolute atomic E-state index is 6.44. The summed E-state index contributed by atoms with van der Waals surface area (Å²) in [4.78, 5) is 4.70. The van der Waals surface area contributed by atoms with E-state index >= 15 is 0 Å². The minimum Gasteiger partial charge on any atom is -0.509 e. The summed E-state index contributed by atoms with van der Waals surface area (Å²) in [7, 11) is 0. The SMILES string of the molecule is Cc1cc(Oc2[c-]c3c(cc2)c2cc(C)ccc2n3-c2cc(C)ccn2)[c-]c(-n2nc(C)c(-c3ccccc3)c2C)c1.[Pt+2]. The number of hydrogen-bond donors (Lipinski definition) is 0. The van der Waals surface area contributed by atoms with E-state index in [2.05, 4.69) is 105 Å². The van der Waals surface area contributed by atoms with E-state index in [1.807, 2.05) is 42.1 Å². The molecule has 0 aliphatic rings. The van der Waals surface area contributed by atoms with Crippen molar-refractivity contribution in [1.82, 2.24) is 19.3 Å². The number of ether oxygens (including phenoxy) is 1. The van der Waals surface area contributed by atoms with E-state index in [9.17, 15) is 0 Å². The fourth-order valence-corrected chi connectivity index (χ4v) is 5.83. The number of pyridine rings is 1. The zero-order valence-corrected chi connectivity index (χ0v) is 26.9. The smallest absolute Gasteiger partial charge is 0.509 e. The van der Waals surface area contributed by atoms with Crippen LogP contribution in [0.15, 0.2) is 91.1 Å². The number of aryl methyl sites for hydroxylation is 4. The van der Waals surface area contributed by atoms with Crippen LogP contribution in [-0.4, -0.2) is 19.3 Å². The van der Waals surface area contributed by atoms with Gasteiger partial charge in [-0.05, 0) is 68.1 Å². The minimum atomic E-state index is 0. The maximum atomic E-state index is 6.44. The Labute approximate surface area is 266 Å².